The molecule has 0 saturated heterocycles. The fraction of sp³-hybridized carbons (Fsp3) is 0.250. The Bertz CT molecular complexity index is 1080. The van der Waals surface area contributed by atoms with Crippen LogP contribution in [0.2, 0.25) is 5.15 Å². The molecule has 0 saturated carbocycles. The summed E-state index contributed by atoms with van der Waals surface area (Å²) in [7, 11) is 1.58. The van der Waals surface area contributed by atoms with Crippen molar-refractivity contribution in [2.75, 3.05) is 7.11 Å². The first kappa shape index (κ1) is 17.4. The van der Waals surface area contributed by atoms with E-state index in [1.807, 2.05) is 18.2 Å². The third-order valence-corrected chi connectivity index (χ3v) is 5.22. The number of pyridine rings is 1. The molecule has 0 bridgehead atoms. The normalized spacial score (nSPS) is 19.6. The van der Waals surface area contributed by atoms with Crippen LogP contribution < -0.4 is 10.5 Å². The van der Waals surface area contributed by atoms with Crippen LogP contribution in [0.3, 0.4) is 0 Å². The molecule has 2 N–H and O–H groups in total. The summed E-state index contributed by atoms with van der Waals surface area (Å²) >= 11 is 6.48. The lowest BCUT2D eigenvalue weighted by Gasteiger charge is -2.31. The van der Waals surface area contributed by atoms with Gasteiger partial charge in [-0.05, 0) is 24.6 Å². The molecule has 2 aliphatic rings. The Morgan fingerprint density at radius 2 is 2.19 bits per heavy atom. The van der Waals surface area contributed by atoms with Gasteiger partial charge in [-0.25, -0.2) is 4.98 Å². The molecule has 1 aliphatic carbocycles. The van der Waals surface area contributed by atoms with Gasteiger partial charge in [0.25, 0.3) is 0 Å². The van der Waals surface area contributed by atoms with Crippen molar-refractivity contribution < 1.29 is 14.3 Å². The summed E-state index contributed by atoms with van der Waals surface area (Å²) in [5, 5.41) is 10.7. The smallest absolute Gasteiger partial charge is 0.205 e. The van der Waals surface area contributed by atoms with Crippen LogP contribution in [0, 0.1) is 11.3 Å². The molecular formula is C20H16ClN3O3. The number of Topliss-reactive ketones (excluding diaryl/α,β-unsaturated/α-hetero) is 1. The van der Waals surface area contributed by atoms with Crippen molar-refractivity contribution in [3.05, 3.63) is 57.8 Å². The standard InChI is InChI=1S/C20H16ClN3O3/c1-26-11-6-5-10-7-12(19(21)24-14(10)8-11)17-13(9-22)20(23)27-16-4-2-3-15(25)18(16)17/h5-8,17H,2-4,23H2,1H3/t17-/m0/s1. The van der Waals surface area contributed by atoms with Gasteiger partial charge in [0.15, 0.2) is 5.78 Å². The van der Waals surface area contributed by atoms with Gasteiger partial charge < -0.3 is 15.2 Å². The van der Waals surface area contributed by atoms with Gasteiger partial charge >= 0.3 is 0 Å². The number of carbonyl (C=O) groups excluding carboxylic acids is 1. The topological polar surface area (TPSA) is 98.2 Å². The number of rotatable bonds is 2. The number of aromatic nitrogens is 1. The van der Waals surface area contributed by atoms with Crippen LogP contribution in [-0.2, 0) is 9.53 Å². The first-order chi connectivity index (χ1) is 13.0. The summed E-state index contributed by atoms with van der Waals surface area (Å²) in [6, 6.07) is 9.38. The zero-order chi connectivity index (χ0) is 19.1. The van der Waals surface area contributed by atoms with Crippen molar-refractivity contribution in [1.82, 2.24) is 4.98 Å². The molecule has 1 aromatic carbocycles. The van der Waals surface area contributed by atoms with E-state index in [0.717, 1.165) is 5.39 Å². The third-order valence-electron chi connectivity index (χ3n) is 4.92. The number of ketones is 1. The van der Waals surface area contributed by atoms with Gasteiger partial charge in [0, 0.05) is 35.4 Å². The van der Waals surface area contributed by atoms with Crippen molar-refractivity contribution in [3.63, 3.8) is 0 Å². The average molecular weight is 382 g/mol. The molecule has 4 rings (SSSR count). The van der Waals surface area contributed by atoms with Crippen molar-refractivity contribution in [2.24, 2.45) is 5.73 Å². The molecule has 2 heterocycles. The number of allylic oxidation sites excluding steroid dienone is 3. The first-order valence-electron chi connectivity index (χ1n) is 8.51. The Hall–Kier alpha value is -3.04. The number of hydrogen-bond donors (Lipinski definition) is 1. The highest BCUT2D eigenvalue weighted by molar-refractivity contribution is 6.31. The average Bonchev–Trinajstić information content (AvgIpc) is 2.66. The Morgan fingerprint density at radius 1 is 1.37 bits per heavy atom. The minimum atomic E-state index is -0.668. The number of methoxy groups -OCH3 is 1. The Kier molecular flexibility index (Phi) is 4.25. The molecule has 0 radical (unpaired) electrons. The number of halogens is 1. The lowest BCUT2D eigenvalue weighted by molar-refractivity contribution is -0.116. The molecular weight excluding hydrogens is 366 g/mol. The zero-order valence-corrected chi connectivity index (χ0v) is 15.3. The summed E-state index contributed by atoms with van der Waals surface area (Å²) in [6.07, 6.45) is 1.71. The molecule has 0 spiro atoms. The molecule has 27 heavy (non-hydrogen) atoms. The van der Waals surface area contributed by atoms with Crippen LogP contribution in [0.1, 0.15) is 30.7 Å². The highest BCUT2D eigenvalue weighted by Crippen LogP contribution is 2.45. The number of benzene rings is 1. The van der Waals surface area contributed by atoms with Gasteiger partial charge in [0.1, 0.15) is 28.3 Å². The summed E-state index contributed by atoms with van der Waals surface area (Å²) in [5.74, 6) is 0.491. The molecule has 6 nitrogen and oxygen atoms in total. The monoisotopic (exact) mass is 381 g/mol. The summed E-state index contributed by atoms with van der Waals surface area (Å²) < 4.78 is 10.8. The van der Waals surface area contributed by atoms with Gasteiger partial charge in [0.05, 0.1) is 18.5 Å². The molecule has 0 amide bonds. The maximum atomic E-state index is 12.6. The van der Waals surface area contributed by atoms with Crippen molar-refractivity contribution in [2.45, 2.75) is 25.2 Å². The lowest BCUT2D eigenvalue weighted by atomic mass is 9.78. The number of nitrogens with zero attached hydrogens (tertiary/aromatic N) is 2. The molecule has 0 fully saturated rings. The number of carbonyl (C=O) groups is 1. The van der Waals surface area contributed by atoms with E-state index in [0.29, 0.717) is 47.4 Å². The van der Waals surface area contributed by atoms with Gasteiger partial charge in [-0.15, -0.1) is 0 Å². The van der Waals surface area contributed by atoms with Crippen LogP contribution in [-0.4, -0.2) is 17.9 Å². The van der Waals surface area contributed by atoms with Gasteiger partial charge in [-0.2, -0.15) is 5.26 Å². The van der Waals surface area contributed by atoms with Gasteiger partial charge in [-0.1, -0.05) is 11.6 Å². The number of nitriles is 1. The molecule has 1 aromatic heterocycles. The minimum Gasteiger partial charge on any atom is -0.497 e. The van der Waals surface area contributed by atoms with E-state index in [1.165, 1.54) is 0 Å². The Balaban J connectivity index is 1.94. The largest absolute Gasteiger partial charge is 0.497 e. The van der Waals surface area contributed by atoms with Crippen LogP contribution in [0.25, 0.3) is 10.9 Å². The molecule has 1 atom stereocenters. The minimum absolute atomic E-state index is 0.0156. The Labute approximate surface area is 160 Å². The molecule has 136 valence electrons. The van der Waals surface area contributed by atoms with E-state index in [1.54, 1.807) is 13.2 Å². The second-order valence-electron chi connectivity index (χ2n) is 6.47. The number of fused-ring (bicyclic) bond motifs is 1. The number of hydrogen-bond acceptors (Lipinski definition) is 6. The highest BCUT2D eigenvalue weighted by atomic mass is 35.5. The van der Waals surface area contributed by atoms with Crippen LogP contribution in [0.15, 0.2) is 47.1 Å². The summed E-state index contributed by atoms with van der Waals surface area (Å²) in [6.45, 7) is 0. The maximum Gasteiger partial charge on any atom is 0.205 e. The molecule has 2 aromatic rings. The number of ether oxygens (including phenoxy) is 2. The predicted molar refractivity (Wildman–Crippen MR) is 99.8 cm³/mol. The van der Waals surface area contributed by atoms with Gasteiger partial charge in [-0.3, -0.25) is 4.79 Å². The Morgan fingerprint density at radius 3 is 2.93 bits per heavy atom. The quantitative estimate of drug-likeness (QED) is 0.796. The molecule has 0 unspecified atom stereocenters. The van der Waals surface area contributed by atoms with E-state index in [2.05, 4.69) is 11.1 Å². The van der Waals surface area contributed by atoms with Gasteiger partial charge in [0.2, 0.25) is 5.88 Å². The van der Waals surface area contributed by atoms with Crippen LogP contribution in [0.4, 0.5) is 0 Å². The predicted octanol–water partition coefficient (Wildman–Crippen LogP) is 3.71. The fourth-order valence-corrected chi connectivity index (χ4v) is 3.89. The maximum absolute atomic E-state index is 12.6. The zero-order valence-electron chi connectivity index (χ0n) is 14.6. The van der Waals surface area contributed by atoms with Crippen LogP contribution >= 0.6 is 11.6 Å². The van der Waals surface area contributed by atoms with Crippen LogP contribution in [0.5, 0.6) is 5.75 Å². The van der Waals surface area contributed by atoms with E-state index >= 15 is 0 Å². The van der Waals surface area contributed by atoms with E-state index < -0.39 is 5.92 Å². The fourth-order valence-electron chi connectivity index (χ4n) is 3.64. The third kappa shape index (κ3) is 2.81. The SMILES string of the molecule is COc1ccc2cc([C@H]3C(C#N)=C(N)OC4=C3C(=O)CCC4)c(Cl)nc2c1. The second kappa shape index (κ2) is 6.60. The van der Waals surface area contributed by atoms with Crippen molar-refractivity contribution in [3.8, 4) is 11.8 Å². The second-order valence-corrected chi connectivity index (χ2v) is 6.82. The summed E-state index contributed by atoms with van der Waals surface area (Å²) in [5.41, 5.74) is 7.85. The van der Waals surface area contributed by atoms with E-state index in [4.69, 9.17) is 26.8 Å². The van der Waals surface area contributed by atoms with E-state index in [-0.39, 0.29) is 22.4 Å². The lowest BCUT2D eigenvalue weighted by Crippen LogP contribution is -2.27. The first-order valence-corrected chi connectivity index (χ1v) is 8.89. The summed E-state index contributed by atoms with van der Waals surface area (Å²) in [4.78, 5) is 17.1. The van der Waals surface area contributed by atoms with Crippen molar-refractivity contribution in [1.29, 1.82) is 5.26 Å². The number of nitrogens with two attached hydrogens (primary N) is 1. The molecule has 1 aliphatic heterocycles. The highest BCUT2D eigenvalue weighted by Gasteiger charge is 2.39. The van der Waals surface area contributed by atoms with Crippen molar-refractivity contribution >= 4 is 28.3 Å². The van der Waals surface area contributed by atoms with E-state index in [9.17, 15) is 10.1 Å². The molecule has 7 heteroatoms.